The normalized spacial score (nSPS) is 13.3. The van der Waals surface area contributed by atoms with Crippen molar-refractivity contribution in [3.05, 3.63) is 12.7 Å². The van der Waals surface area contributed by atoms with Crippen molar-refractivity contribution in [3.63, 3.8) is 0 Å². The molecule has 0 aromatic rings. The van der Waals surface area contributed by atoms with Gasteiger partial charge in [-0.15, -0.1) is 6.58 Å². The minimum absolute atomic E-state index is 0.120. The van der Waals surface area contributed by atoms with Crippen molar-refractivity contribution >= 4 is 5.78 Å². The van der Waals surface area contributed by atoms with Gasteiger partial charge in [-0.05, 0) is 21.0 Å². The van der Waals surface area contributed by atoms with E-state index in [1.54, 1.807) is 13.0 Å². The summed E-state index contributed by atoms with van der Waals surface area (Å²) < 4.78 is 0. The van der Waals surface area contributed by atoms with Crippen molar-refractivity contribution < 1.29 is 4.79 Å². The standard InChI is InChI=1S/C7H13NO/c1-5-7(6(2)9)8(3)4/h5,7H,1H2,2-4H3. The molecule has 0 bridgehead atoms. The minimum Gasteiger partial charge on any atom is -0.298 e. The molecule has 2 nitrogen and oxygen atoms in total. The Bertz CT molecular complexity index is 118. The molecule has 0 saturated carbocycles. The molecule has 0 N–H and O–H groups in total. The molecule has 0 radical (unpaired) electrons. The van der Waals surface area contributed by atoms with Crippen LogP contribution in [0.5, 0.6) is 0 Å². The third kappa shape index (κ3) is 2.42. The average molecular weight is 127 g/mol. The van der Waals surface area contributed by atoms with Gasteiger partial charge in [0.25, 0.3) is 0 Å². The van der Waals surface area contributed by atoms with E-state index < -0.39 is 0 Å². The second-order valence-corrected chi connectivity index (χ2v) is 2.25. The molecule has 0 aliphatic carbocycles. The van der Waals surface area contributed by atoms with Crippen molar-refractivity contribution in [2.24, 2.45) is 0 Å². The number of hydrogen-bond donors (Lipinski definition) is 0. The monoisotopic (exact) mass is 127 g/mol. The number of nitrogens with zero attached hydrogens (tertiary/aromatic N) is 1. The summed E-state index contributed by atoms with van der Waals surface area (Å²) >= 11 is 0. The SMILES string of the molecule is C=CC(C(C)=O)N(C)C. The van der Waals surface area contributed by atoms with Gasteiger partial charge in [-0.2, -0.15) is 0 Å². The van der Waals surface area contributed by atoms with Crippen LogP contribution in [0.2, 0.25) is 0 Å². The summed E-state index contributed by atoms with van der Waals surface area (Å²) in [5, 5.41) is 0. The Morgan fingerprint density at radius 3 is 2.11 bits per heavy atom. The van der Waals surface area contributed by atoms with E-state index in [4.69, 9.17) is 0 Å². The van der Waals surface area contributed by atoms with Crippen molar-refractivity contribution in [1.29, 1.82) is 0 Å². The van der Waals surface area contributed by atoms with Crippen LogP contribution in [0, 0.1) is 0 Å². The van der Waals surface area contributed by atoms with Gasteiger partial charge >= 0.3 is 0 Å². The fraction of sp³-hybridized carbons (Fsp3) is 0.571. The Labute approximate surface area is 56.2 Å². The molecule has 0 rings (SSSR count). The average Bonchev–Trinajstić information content (AvgIpc) is 1.64. The molecule has 1 atom stereocenters. The van der Waals surface area contributed by atoms with Crippen LogP contribution in [0.1, 0.15) is 6.92 Å². The molecule has 0 spiro atoms. The molecule has 0 amide bonds. The summed E-state index contributed by atoms with van der Waals surface area (Å²) in [5.74, 6) is 0.134. The largest absolute Gasteiger partial charge is 0.298 e. The fourth-order valence-corrected chi connectivity index (χ4v) is 0.740. The van der Waals surface area contributed by atoms with Crippen LogP contribution in [0.25, 0.3) is 0 Å². The first-order valence-corrected chi connectivity index (χ1v) is 2.89. The van der Waals surface area contributed by atoms with Gasteiger partial charge in [0.2, 0.25) is 0 Å². The smallest absolute Gasteiger partial charge is 0.150 e. The lowest BCUT2D eigenvalue weighted by Gasteiger charge is -2.16. The van der Waals surface area contributed by atoms with Gasteiger partial charge in [0.1, 0.15) is 0 Å². The molecule has 1 unspecified atom stereocenters. The lowest BCUT2D eigenvalue weighted by molar-refractivity contribution is -0.119. The first-order chi connectivity index (χ1) is 4.09. The Balaban J connectivity index is 3.98. The van der Waals surface area contributed by atoms with E-state index in [0.29, 0.717) is 0 Å². The molecule has 0 fully saturated rings. The molecule has 2 heteroatoms. The number of carbonyl (C=O) groups excluding carboxylic acids is 1. The van der Waals surface area contributed by atoms with Gasteiger partial charge in [-0.3, -0.25) is 9.69 Å². The number of Topliss-reactive ketones (excluding diaryl/α,β-unsaturated/α-hetero) is 1. The van der Waals surface area contributed by atoms with E-state index in [9.17, 15) is 4.79 Å². The highest BCUT2D eigenvalue weighted by atomic mass is 16.1. The van der Waals surface area contributed by atoms with Crippen molar-refractivity contribution in [2.75, 3.05) is 14.1 Å². The Hall–Kier alpha value is -0.630. The summed E-state index contributed by atoms with van der Waals surface area (Å²) in [6.07, 6.45) is 1.64. The second kappa shape index (κ2) is 3.41. The maximum atomic E-state index is 10.7. The van der Waals surface area contributed by atoms with Crippen molar-refractivity contribution in [2.45, 2.75) is 13.0 Å². The molecular formula is C7H13NO. The van der Waals surface area contributed by atoms with Gasteiger partial charge in [-0.1, -0.05) is 6.08 Å². The van der Waals surface area contributed by atoms with Crippen LogP contribution in [0.4, 0.5) is 0 Å². The van der Waals surface area contributed by atoms with Gasteiger partial charge in [-0.25, -0.2) is 0 Å². The third-order valence-electron chi connectivity index (χ3n) is 1.20. The van der Waals surface area contributed by atoms with Crippen LogP contribution in [0.15, 0.2) is 12.7 Å². The number of rotatable bonds is 3. The van der Waals surface area contributed by atoms with Crippen LogP contribution >= 0.6 is 0 Å². The van der Waals surface area contributed by atoms with E-state index in [0.717, 1.165) is 0 Å². The van der Waals surface area contributed by atoms with E-state index in [-0.39, 0.29) is 11.8 Å². The highest BCUT2D eigenvalue weighted by molar-refractivity contribution is 5.83. The van der Waals surface area contributed by atoms with E-state index in [1.807, 2.05) is 19.0 Å². The van der Waals surface area contributed by atoms with Gasteiger partial charge in [0.05, 0.1) is 6.04 Å². The lowest BCUT2D eigenvalue weighted by Crippen LogP contribution is -2.31. The van der Waals surface area contributed by atoms with Crippen molar-refractivity contribution in [3.8, 4) is 0 Å². The second-order valence-electron chi connectivity index (χ2n) is 2.25. The Morgan fingerprint density at radius 1 is 1.67 bits per heavy atom. The molecule has 0 aromatic heterocycles. The zero-order chi connectivity index (χ0) is 7.44. The fourth-order valence-electron chi connectivity index (χ4n) is 0.740. The molecule has 0 saturated heterocycles. The zero-order valence-electron chi connectivity index (χ0n) is 6.22. The molecule has 9 heavy (non-hydrogen) atoms. The number of carbonyl (C=O) groups is 1. The third-order valence-corrected chi connectivity index (χ3v) is 1.20. The molecular weight excluding hydrogens is 114 g/mol. The summed E-state index contributed by atoms with van der Waals surface area (Å²) in [4.78, 5) is 12.5. The lowest BCUT2D eigenvalue weighted by atomic mass is 10.2. The summed E-state index contributed by atoms with van der Waals surface area (Å²) in [5.41, 5.74) is 0. The summed E-state index contributed by atoms with van der Waals surface area (Å²) in [6, 6.07) is -0.120. The highest BCUT2D eigenvalue weighted by Crippen LogP contribution is 1.94. The maximum absolute atomic E-state index is 10.7. The van der Waals surface area contributed by atoms with Crippen LogP contribution < -0.4 is 0 Å². The predicted octanol–water partition coefficient (Wildman–Crippen LogP) is 0.692. The molecule has 0 aliphatic heterocycles. The van der Waals surface area contributed by atoms with Crippen LogP contribution in [0.3, 0.4) is 0 Å². The molecule has 0 heterocycles. The zero-order valence-corrected chi connectivity index (χ0v) is 6.22. The number of likely N-dealkylation sites (N-methyl/N-ethyl adjacent to an activating group) is 1. The van der Waals surface area contributed by atoms with Gasteiger partial charge in [0, 0.05) is 0 Å². The highest BCUT2D eigenvalue weighted by Gasteiger charge is 2.10. The Morgan fingerprint density at radius 2 is 2.11 bits per heavy atom. The number of ketones is 1. The van der Waals surface area contributed by atoms with Crippen LogP contribution in [-0.2, 0) is 4.79 Å². The minimum atomic E-state index is -0.120. The first-order valence-electron chi connectivity index (χ1n) is 2.89. The van der Waals surface area contributed by atoms with Crippen LogP contribution in [-0.4, -0.2) is 30.8 Å². The molecule has 0 aliphatic rings. The van der Waals surface area contributed by atoms with Gasteiger partial charge in [0.15, 0.2) is 5.78 Å². The molecule has 52 valence electrons. The summed E-state index contributed by atoms with van der Waals surface area (Å²) in [7, 11) is 3.71. The topological polar surface area (TPSA) is 20.3 Å². The van der Waals surface area contributed by atoms with E-state index in [1.165, 1.54) is 0 Å². The van der Waals surface area contributed by atoms with E-state index >= 15 is 0 Å². The predicted molar refractivity (Wildman–Crippen MR) is 38.4 cm³/mol. The maximum Gasteiger partial charge on any atom is 0.150 e. The summed E-state index contributed by atoms with van der Waals surface area (Å²) in [6.45, 7) is 5.10. The van der Waals surface area contributed by atoms with Gasteiger partial charge < -0.3 is 0 Å². The van der Waals surface area contributed by atoms with Crippen molar-refractivity contribution in [1.82, 2.24) is 4.90 Å². The van der Waals surface area contributed by atoms with E-state index in [2.05, 4.69) is 6.58 Å². The number of hydrogen-bond acceptors (Lipinski definition) is 2. The quantitative estimate of drug-likeness (QED) is 0.520. The first kappa shape index (κ1) is 8.37. The Kier molecular flexibility index (Phi) is 3.17. The molecule has 0 aromatic carbocycles.